The number of methoxy groups -OCH3 is 2. The van der Waals surface area contributed by atoms with Crippen molar-refractivity contribution in [2.75, 3.05) is 20.9 Å². The molecule has 0 radical (unpaired) electrons. The Bertz CT molecular complexity index is 478. The summed E-state index contributed by atoms with van der Waals surface area (Å²) in [7, 11) is 2.65. The molecular weight excluding hydrogens is 340 g/mol. The smallest absolute Gasteiger partial charge is 0.327 e. The van der Waals surface area contributed by atoms with Crippen molar-refractivity contribution in [3.63, 3.8) is 0 Å². The monoisotopic (exact) mass is 364 g/mol. The zero-order chi connectivity index (χ0) is 19.0. The molecule has 2 aliphatic heterocycles. The number of ether oxygens (including phenoxy) is 2. The third-order valence-electron chi connectivity index (χ3n) is 4.45. The highest BCUT2D eigenvalue weighted by molar-refractivity contribution is 5.80. The Morgan fingerprint density at radius 2 is 1.12 bits per heavy atom. The molecular formula is C13H24N4O8. The van der Waals surface area contributed by atoms with Gasteiger partial charge in [0.2, 0.25) is 0 Å². The van der Waals surface area contributed by atoms with Gasteiger partial charge in [0.1, 0.15) is 19.1 Å². The SMILES string of the molecule is COC(C)N1C(=O)N(CN2C(=O)N(C(C)OC)C(O)C2O)C(O)C1O. The van der Waals surface area contributed by atoms with Crippen LogP contribution < -0.4 is 0 Å². The fourth-order valence-electron chi connectivity index (χ4n) is 2.78. The molecule has 2 saturated heterocycles. The average Bonchev–Trinajstić information content (AvgIpc) is 2.93. The topological polar surface area (TPSA) is 146 Å². The van der Waals surface area contributed by atoms with Gasteiger partial charge in [-0.05, 0) is 13.8 Å². The molecule has 2 fully saturated rings. The van der Waals surface area contributed by atoms with Crippen LogP contribution in [0.25, 0.3) is 0 Å². The molecule has 0 spiro atoms. The lowest BCUT2D eigenvalue weighted by molar-refractivity contribution is -0.126. The first-order chi connectivity index (χ1) is 11.7. The summed E-state index contributed by atoms with van der Waals surface area (Å²) in [5.74, 6) is 0. The van der Waals surface area contributed by atoms with Crippen LogP contribution in [0.5, 0.6) is 0 Å². The lowest BCUT2D eigenvalue weighted by atomic mass is 10.4. The quantitative estimate of drug-likeness (QED) is 0.411. The summed E-state index contributed by atoms with van der Waals surface area (Å²) < 4.78 is 9.95. The zero-order valence-corrected chi connectivity index (χ0v) is 14.4. The molecule has 12 heteroatoms. The first-order valence-electron chi connectivity index (χ1n) is 7.63. The lowest BCUT2D eigenvalue weighted by Crippen LogP contribution is -2.49. The molecule has 12 nitrogen and oxygen atoms in total. The van der Waals surface area contributed by atoms with Crippen molar-refractivity contribution in [1.29, 1.82) is 0 Å². The van der Waals surface area contributed by atoms with Crippen LogP contribution in [0.2, 0.25) is 0 Å². The van der Waals surface area contributed by atoms with Crippen molar-refractivity contribution in [2.45, 2.75) is 51.2 Å². The maximum atomic E-state index is 12.4. The maximum Gasteiger partial charge on any atom is 0.327 e. The van der Waals surface area contributed by atoms with Crippen LogP contribution in [0.3, 0.4) is 0 Å². The molecule has 0 aromatic heterocycles. The lowest BCUT2D eigenvalue weighted by Gasteiger charge is -2.28. The van der Waals surface area contributed by atoms with E-state index in [1.54, 1.807) is 0 Å². The molecule has 0 aromatic carbocycles. The number of aliphatic hydroxyl groups is 4. The average molecular weight is 364 g/mol. The predicted molar refractivity (Wildman–Crippen MR) is 80.0 cm³/mol. The number of carbonyl (C=O) groups is 2. The maximum absolute atomic E-state index is 12.4. The van der Waals surface area contributed by atoms with Gasteiger partial charge in [-0.1, -0.05) is 0 Å². The number of nitrogens with zero attached hydrogens (tertiary/aromatic N) is 4. The van der Waals surface area contributed by atoms with Gasteiger partial charge in [0.05, 0.1) is 0 Å². The van der Waals surface area contributed by atoms with Crippen LogP contribution >= 0.6 is 0 Å². The minimum Gasteiger partial charge on any atom is -0.369 e. The second kappa shape index (κ2) is 7.27. The van der Waals surface area contributed by atoms with E-state index < -0.39 is 56.1 Å². The van der Waals surface area contributed by atoms with Crippen molar-refractivity contribution >= 4 is 12.1 Å². The normalized spacial score (nSPS) is 32.8. The second-order valence-electron chi connectivity index (χ2n) is 5.79. The molecule has 0 bridgehead atoms. The Hall–Kier alpha value is -1.70. The molecule has 2 heterocycles. The molecule has 6 atom stereocenters. The Morgan fingerprint density at radius 1 is 0.800 bits per heavy atom. The van der Waals surface area contributed by atoms with Gasteiger partial charge in [-0.15, -0.1) is 0 Å². The summed E-state index contributed by atoms with van der Waals surface area (Å²) >= 11 is 0. The molecule has 4 N–H and O–H groups in total. The highest BCUT2D eigenvalue weighted by Crippen LogP contribution is 2.27. The van der Waals surface area contributed by atoms with E-state index in [0.717, 1.165) is 19.6 Å². The highest BCUT2D eigenvalue weighted by atomic mass is 16.5. The first-order valence-corrected chi connectivity index (χ1v) is 7.63. The molecule has 2 aliphatic rings. The van der Waals surface area contributed by atoms with Gasteiger partial charge in [-0.3, -0.25) is 19.6 Å². The molecule has 6 unspecified atom stereocenters. The summed E-state index contributed by atoms with van der Waals surface area (Å²) in [6.45, 7) is 2.45. The van der Waals surface area contributed by atoms with E-state index in [1.807, 2.05) is 0 Å². The van der Waals surface area contributed by atoms with Gasteiger partial charge in [0.15, 0.2) is 24.9 Å². The van der Waals surface area contributed by atoms with E-state index in [9.17, 15) is 30.0 Å². The van der Waals surface area contributed by atoms with Crippen LogP contribution in [0.4, 0.5) is 9.59 Å². The van der Waals surface area contributed by atoms with Crippen molar-refractivity contribution in [3.8, 4) is 0 Å². The summed E-state index contributed by atoms with van der Waals surface area (Å²) in [4.78, 5) is 28.2. The largest absolute Gasteiger partial charge is 0.369 e. The van der Waals surface area contributed by atoms with Crippen LogP contribution in [0.1, 0.15) is 13.8 Å². The molecule has 0 aliphatic carbocycles. The van der Waals surface area contributed by atoms with Gasteiger partial charge >= 0.3 is 12.1 Å². The number of hydrogen-bond donors (Lipinski definition) is 4. The van der Waals surface area contributed by atoms with Gasteiger partial charge in [-0.25, -0.2) is 9.59 Å². The standard InChI is InChI=1S/C13H24N4O8/c1-6(24-3)16-10(20)8(18)14(12(16)22)5-15-9(19)11(21)17(13(15)23)7(2)25-4/h6-11,18-21H,5H2,1-4H3. The Labute approximate surface area is 144 Å². The minimum absolute atomic E-state index is 0.548. The second-order valence-corrected chi connectivity index (χ2v) is 5.79. The zero-order valence-electron chi connectivity index (χ0n) is 14.4. The number of urea groups is 2. The fourth-order valence-corrected chi connectivity index (χ4v) is 2.78. The van der Waals surface area contributed by atoms with E-state index in [4.69, 9.17) is 9.47 Å². The van der Waals surface area contributed by atoms with E-state index in [1.165, 1.54) is 28.1 Å². The molecule has 2 rings (SSSR count). The van der Waals surface area contributed by atoms with Crippen LogP contribution in [0.15, 0.2) is 0 Å². The third kappa shape index (κ3) is 3.12. The van der Waals surface area contributed by atoms with Gasteiger partial charge in [-0.2, -0.15) is 0 Å². The predicted octanol–water partition coefficient (Wildman–Crippen LogP) is -2.32. The summed E-state index contributed by atoms with van der Waals surface area (Å²) in [5.41, 5.74) is 0. The molecule has 4 amide bonds. The number of carbonyl (C=O) groups excluding carboxylic acids is 2. The molecule has 0 aromatic rings. The Balaban J connectivity index is 2.18. The van der Waals surface area contributed by atoms with Gasteiger partial charge in [0, 0.05) is 14.2 Å². The van der Waals surface area contributed by atoms with Crippen molar-refractivity contribution in [2.24, 2.45) is 0 Å². The van der Waals surface area contributed by atoms with E-state index >= 15 is 0 Å². The van der Waals surface area contributed by atoms with Crippen LogP contribution in [-0.4, -0.2) is 110 Å². The number of aliphatic hydroxyl groups excluding tert-OH is 4. The molecule has 25 heavy (non-hydrogen) atoms. The molecule has 0 saturated carbocycles. The number of hydrogen-bond acceptors (Lipinski definition) is 8. The number of amides is 4. The summed E-state index contributed by atoms with van der Waals surface area (Å²) in [5, 5.41) is 40.2. The van der Waals surface area contributed by atoms with Crippen molar-refractivity contribution in [3.05, 3.63) is 0 Å². The van der Waals surface area contributed by atoms with Crippen LogP contribution in [0, 0.1) is 0 Å². The van der Waals surface area contributed by atoms with E-state index in [0.29, 0.717) is 0 Å². The Morgan fingerprint density at radius 3 is 1.40 bits per heavy atom. The third-order valence-corrected chi connectivity index (χ3v) is 4.45. The van der Waals surface area contributed by atoms with Crippen molar-refractivity contribution < 1.29 is 39.5 Å². The first kappa shape index (κ1) is 19.6. The highest BCUT2D eigenvalue weighted by Gasteiger charge is 2.52. The Kier molecular flexibility index (Phi) is 5.71. The van der Waals surface area contributed by atoms with Gasteiger partial charge in [0.25, 0.3) is 0 Å². The molecule has 144 valence electrons. The van der Waals surface area contributed by atoms with E-state index in [-0.39, 0.29) is 0 Å². The minimum atomic E-state index is -1.64. The van der Waals surface area contributed by atoms with Gasteiger partial charge < -0.3 is 29.9 Å². The number of rotatable bonds is 6. The van der Waals surface area contributed by atoms with Crippen molar-refractivity contribution in [1.82, 2.24) is 19.6 Å². The summed E-state index contributed by atoms with van der Waals surface area (Å²) in [6.07, 6.45) is -8.08. The van der Waals surface area contributed by atoms with E-state index in [2.05, 4.69) is 0 Å². The fraction of sp³-hybridized carbons (Fsp3) is 0.846. The van der Waals surface area contributed by atoms with Crippen LogP contribution in [-0.2, 0) is 9.47 Å². The summed E-state index contributed by atoms with van der Waals surface area (Å²) in [6, 6.07) is -1.58.